The smallest absolute Gasteiger partial charge is 0.238 e. The van der Waals surface area contributed by atoms with Gasteiger partial charge in [-0.05, 0) is 36.7 Å². The highest BCUT2D eigenvalue weighted by atomic mass is 16.5. The van der Waals surface area contributed by atoms with Crippen molar-refractivity contribution in [3.8, 4) is 5.75 Å². The molecular weight excluding hydrogens is 354 g/mol. The molecule has 3 rings (SSSR count). The fraction of sp³-hybridized carbons (Fsp3) is 0.364. The molecule has 0 aliphatic carbocycles. The Balaban J connectivity index is 1.52. The largest absolute Gasteiger partial charge is 0.495 e. The van der Waals surface area contributed by atoms with E-state index < -0.39 is 0 Å². The Bertz CT molecular complexity index is 837. The predicted molar refractivity (Wildman–Crippen MR) is 111 cm³/mol. The fourth-order valence-electron chi connectivity index (χ4n) is 3.48. The van der Waals surface area contributed by atoms with E-state index in [4.69, 9.17) is 4.74 Å². The molecule has 2 aromatic carbocycles. The molecule has 0 aromatic heterocycles. The van der Waals surface area contributed by atoms with Crippen LogP contribution in [0, 0.1) is 0 Å². The van der Waals surface area contributed by atoms with E-state index in [-0.39, 0.29) is 18.4 Å². The molecular formula is C22H27N3O3. The lowest BCUT2D eigenvalue weighted by Crippen LogP contribution is -2.37. The van der Waals surface area contributed by atoms with Crippen LogP contribution in [0.25, 0.3) is 0 Å². The second-order valence-corrected chi connectivity index (χ2v) is 6.79. The van der Waals surface area contributed by atoms with Gasteiger partial charge in [-0.1, -0.05) is 37.3 Å². The fourth-order valence-corrected chi connectivity index (χ4v) is 3.48. The van der Waals surface area contributed by atoms with E-state index in [2.05, 4.69) is 11.4 Å². The SMILES string of the molecule is CCN(CCC(=O)N1CCc2ccccc21)CC(=O)Nc1ccccc1OC. The predicted octanol–water partition coefficient (Wildman–Crippen LogP) is 2.94. The lowest BCUT2D eigenvalue weighted by atomic mass is 10.2. The third-order valence-corrected chi connectivity index (χ3v) is 5.03. The van der Waals surface area contributed by atoms with Crippen molar-refractivity contribution in [2.45, 2.75) is 19.8 Å². The van der Waals surface area contributed by atoms with Gasteiger partial charge in [-0.25, -0.2) is 0 Å². The number of methoxy groups -OCH3 is 1. The second kappa shape index (κ2) is 9.37. The van der Waals surface area contributed by atoms with Gasteiger partial charge >= 0.3 is 0 Å². The van der Waals surface area contributed by atoms with Gasteiger partial charge in [0.05, 0.1) is 19.3 Å². The van der Waals surface area contributed by atoms with Crippen LogP contribution in [0.1, 0.15) is 18.9 Å². The van der Waals surface area contributed by atoms with Crippen molar-refractivity contribution >= 4 is 23.2 Å². The Hall–Kier alpha value is -2.86. The van der Waals surface area contributed by atoms with E-state index in [1.54, 1.807) is 19.2 Å². The average molecular weight is 381 g/mol. The van der Waals surface area contributed by atoms with E-state index in [1.807, 2.05) is 47.1 Å². The van der Waals surface area contributed by atoms with Crippen LogP contribution < -0.4 is 15.0 Å². The van der Waals surface area contributed by atoms with E-state index in [1.165, 1.54) is 5.56 Å². The van der Waals surface area contributed by atoms with Gasteiger partial charge in [0, 0.05) is 25.2 Å². The molecule has 0 atom stereocenters. The zero-order valence-electron chi connectivity index (χ0n) is 16.5. The van der Waals surface area contributed by atoms with E-state index >= 15 is 0 Å². The van der Waals surface area contributed by atoms with Gasteiger partial charge < -0.3 is 15.0 Å². The van der Waals surface area contributed by atoms with Crippen molar-refractivity contribution in [1.29, 1.82) is 0 Å². The van der Waals surface area contributed by atoms with Gasteiger partial charge in [0.1, 0.15) is 5.75 Å². The number of carbonyl (C=O) groups excluding carboxylic acids is 2. The average Bonchev–Trinajstić information content (AvgIpc) is 3.15. The van der Waals surface area contributed by atoms with Crippen molar-refractivity contribution in [2.24, 2.45) is 0 Å². The first-order chi connectivity index (χ1) is 13.6. The Morgan fingerprint density at radius 2 is 1.89 bits per heavy atom. The molecule has 6 heteroatoms. The Morgan fingerprint density at radius 1 is 1.14 bits per heavy atom. The van der Waals surface area contributed by atoms with Crippen LogP contribution in [-0.2, 0) is 16.0 Å². The number of nitrogens with one attached hydrogen (secondary N) is 1. The van der Waals surface area contributed by atoms with Crippen LogP contribution in [0.4, 0.5) is 11.4 Å². The molecule has 2 aromatic rings. The molecule has 1 aliphatic rings. The molecule has 28 heavy (non-hydrogen) atoms. The molecule has 1 aliphatic heterocycles. The number of ether oxygens (including phenoxy) is 1. The van der Waals surface area contributed by atoms with E-state index in [0.717, 1.165) is 18.7 Å². The van der Waals surface area contributed by atoms with Crippen molar-refractivity contribution in [1.82, 2.24) is 4.90 Å². The van der Waals surface area contributed by atoms with Crippen LogP contribution in [0.15, 0.2) is 48.5 Å². The highest BCUT2D eigenvalue weighted by Gasteiger charge is 2.24. The number of nitrogens with zero attached hydrogens (tertiary/aromatic N) is 2. The highest BCUT2D eigenvalue weighted by Crippen LogP contribution is 2.28. The van der Waals surface area contributed by atoms with Crippen LogP contribution >= 0.6 is 0 Å². The molecule has 0 spiro atoms. The molecule has 0 saturated carbocycles. The van der Waals surface area contributed by atoms with Crippen molar-refractivity contribution in [3.05, 3.63) is 54.1 Å². The molecule has 0 unspecified atom stereocenters. The first-order valence-corrected chi connectivity index (χ1v) is 9.66. The summed E-state index contributed by atoms with van der Waals surface area (Å²) in [4.78, 5) is 28.9. The normalized spacial score (nSPS) is 12.8. The summed E-state index contributed by atoms with van der Waals surface area (Å²) in [6.07, 6.45) is 1.30. The Kier molecular flexibility index (Phi) is 6.66. The minimum atomic E-state index is -0.120. The maximum Gasteiger partial charge on any atom is 0.238 e. The molecule has 0 fully saturated rings. The molecule has 0 radical (unpaired) electrons. The number of likely N-dealkylation sites (N-methyl/N-ethyl adjacent to an activating group) is 1. The molecule has 0 saturated heterocycles. The maximum absolute atomic E-state index is 12.7. The van der Waals surface area contributed by atoms with Crippen LogP contribution in [0.3, 0.4) is 0 Å². The maximum atomic E-state index is 12.7. The number of hydrogen-bond donors (Lipinski definition) is 1. The number of benzene rings is 2. The van der Waals surface area contributed by atoms with Gasteiger partial charge in [-0.2, -0.15) is 0 Å². The standard InChI is InChI=1S/C22H27N3O3/c1-3-24(16-21(26)23-18-9-5-7-11-20(18)28-2)14-13-22(27)25-15-12-17-8-4-6-10-19(17)25/h4-11H,3,12-16H2,1-2H3,(H,23,26). The summed E-state index contributed by atoms with van der Waals surface area (Å²) in [6, 6.07) is 15.4. The van der Waals surface area contributed by atoms with Crippen LogP contribution in [0.2, 0.25) is 0 Å². The monoisotopic (exact) mass is 381 g/mol. The third kappa shape index (κ3) is 4.70. The van der Waals surface area contributed by atoms with Crippen LogP contribution in [0.5, 0.6) is 5.75 Å². The van der Waals surface area contributed by atoms with Crippen molar-refractivity contribution in [2.75, 3.05) is 43.5 Å². The summed E-state index contributed by atoms with van der Waals surface area (Å²) in [5.74, 6) is 0.612. The quantitative estimate of drug-likeness (QED) is 0.764. The van der Waals surface area contributed by atoms with E-state index in [9.17, 15) is 9.59 Å². The molecule has 1 heterocycles. The number of carbonyl (C=O) groups is 2. The summed E-state index contributed by atoms with van der Waals surface area (Å²) in [6.45, 7) is 4.21. The van der Waals surface area contributed by atoms with E-state index in [0.29, 0.717) is 30.9 Å². The van der Waals surface area contributed by atoms with Gasteiger partial charge in [-0.3, -0.25) is 14.5 Å². The van der Waals surface area contributed by atoms with Gasteiger partial charge in [-0.15, -0.1) is 0 Å². The zero-order chi connectivity index (χ0) is 19.9. The second-order valence-electron chi connectivity index (χ2n) is 6.79. The minimum absolute atomic E-state index is 0.105. The molecule has 1 N–H and O–H groups in total. The third-order valence-electron chi connectivity index (χ3n) is 5.03. The molecule has 6 nitrogen and oxygen atoms in total. The first kappa shape index (κ1) is 19.9. The summed E-state index contributed by atoms with van der Waals surface area (Å²) in [7, 11) is 1.57. The summed E-state index contributed by atoms with van der Waals surface area (Å²) >= 11 is 0. The molecule has 0 bridgehead atoms. The summed E-state index contributed by atoms with van der Waals surface area (Å²) < 4.78 is 5.26. The number of anilines is 2. The number of rotatable bonds is 8. The number of fused-ring (bicyclic) bond motifs is 1. The zero-order valence-corrected chi connectivity index (χ0v) is 16.5. The van der Waals surface area contributed by atoms with Gasteiger partial charge in [0.25, 0.3) is 0 Å². The number of hydrogen-bond acceptors (Lipinski definition) is 4. The Morgan fingerprint density at radius 3 is 2.68 bits per heavy atom. The summed E-state index contributed by atoms with van der Waals surface area (Å²) in [5.41, 5.74) is 2.89. The molecule has 148 valence electrons. The number of amides is 2. The first-order valence-electron chi connectivity index (χ1n) is 9.66. The highest BCUT2D eigenvalue weighted by molar-refractivity contribution is 5.96. The van der Waals surface area contributed by atoms with Crippen molar-refractivity contribution < 1.29 is 14.3 Å². The Labute approximate surface area is 166 Å². The lowest BCUT2D eigenvalue weighted by Gasteiger charge is -2.22. The van der Waals surface area contributed by atoms with Crippen molar-refractivity contribution in [3.63, 3.8) is 0 Å². The lowest BCUT2D eigenvalue weighted by molar-refractivity contribution is -0.120. The topological polar surface area (TPSA) is 61.9 Å². The summed E-state index contributed by atoms with van der Waals surface area (Å²) in [5, 5.41) is 2.88. The minimum Gasteiger partial charge on any atom is -0.495 e. The van der Waals surface area contributed by atoms with Gasteiger partial charge in [0.15, 0.2) is 0 Å². The van der Waals surface area contributed by atoms with Crippen LogP contribution in [-0.4, -0.2) is 50.0 Å². The molecule has 2 amide bonds. The number of para-hydroxylation sites is 3. The van der Waals surface area contributed by atoms with Gasteiger partial charge in [0.2, 0.25) is 11.8 Å².